The first-order chi connectivity index (χ1) is 20.6. The van der Waals surface area contributed by atoms with Crippen molar-refractivity contribution < 1.29 is 48.0 Å². The van der Waals surface area contributed by atoms with Gasteiger partial charge in [-0.05, 0) is 73.1 Å². The molecule has 3 aliphatic rings. The number of aromatic hydroxyl groups is 1. The van der Waals surface area contributed by atoms with Gasteiger partial charge in [-0.25, -0.2) is 0 Å². The Balaban J connectivity index is 1.50. The number of hydrogen-bond acceptors (Lipinski definition) is 8. The van der Waals surface area contributed by atoms with Gasteiger partial charge in [0.1, 0.15) is 22.8 Å². The molecule has 0 fully saturated rings. The maximum absolute atomic E-state index is 14.0. The van der Waals surface area contributed by atoms with Crippen LogP contribution in [0.15, 0.2) is 71.2 Å². The highest BCUT2D eigenvalue weighted by molar-refractivity contribution is 6.25. The van der Waals surface area contributed by atoms with Gasteiger partial charge >= 0.3 is 6.18 Å². The molecule has 3 aromatic rings. The largest absolute Gasteiger partial charge is 0.510 e. The van der Waals surface area contributed by atoms with Gasteiger partial charge in [-0.2, -0.15) is 13.2 Å². The molecule has 0 heterocycles. The molecular weight excluding hydrogens is 581 g/mol. The third kappa shape index (κ3) is 4.05. The first-order valence-electron chi connectivity index (χ1n) is 13.7. The van der Waals surface area contributed by atoms with Gasteiger partial charge in [0.15, 0.2) is 11.4 Å². The van der Waals surface area contributed by atoms with Crippen LogP contribution >= 0.6 is 0 Å². The van der Waals surface area contributed by atoms with Crippen molar-refractivity contribution in [2.24, 2.45) is 17.6 Å². The molecule has 3 aliphatic carbocycles. The first kappa shape index (κ1) is 29.4. The molecule has 228 valence electrons. The van der Waals surface area contributed by atoms with Crippen LogP contribution in [0.3, 0.4) is 0 Å². The van der Waals surface area contributed by atoms with Crippen LogP contribution in [0.2, 0.25) is 0 Å². The lowest BCUT2D eigenvalue weighted by Crippen LogP contribution is -2.63. The summed E-state index contributed by atoms with van der Waals surface area (Å²) in [7, 11) is 3.09. The van der Waals surface area contributed by atoms with E-state index >= 15 is 0 Å². The lowest BCUT2D eigenvalue weighted by molar-refractivity contribution is -0.148. The van der Waals surface area contributed by atoms with Crippen LogP contribution in [-0.2, 0) is 22.2 Å². The molecule has 0 unspecified atom stereocenters. The molecule has 6 N–H and O–H groups in total. The quantitative estimate of drug-likeness (QED) is 0.279. The van der Waals surface area contributed by atoms with Crippen LogP contribution in [-0.4, -0.2) is 68.5 Å². The molecular formula is C32H27F3N2O7. The highest BCUT2D eigenvalue weighted by Crippen LogP contribution is 2.53. The molecule has 9 nitrogen and oxygen atoms in total. The minimum absolute atomic E-state index is 0.0426. The van der Waals surface area contributed by atoms with Gasteiger partial charge in [0.25, 0.3) is 5.91 Å². The summed E-state index contributed by atoms with van der Waals surface area (Å²) in [5, 5.41) is 46.1. The monoisotopic (exact) mass is 608 g/mol. The Morgan fingerprint density at radius 2 is 1.70 bits per heavy atom. The van der Waals surface area contributed by atoms with Crippen molar-refractivity contribution in [3.8, 4) is 16.9 Å². The normalized spacial score (nSPS) is 25.3. The molecule has 12 heteroatoms. The highest BCUT2D eigenvalue weighted by Gasteiger charge is 2.63. The van der Waals surface area contributed by atoms with E-state index in [1.165, 1.54) is 23.1 Å². The molecule has 4 atom stereocenters. The summed E-state index contributed by atoms with van der Waals surface area (Å²) in [6, 6.07) is 9.92. The van der Waals surface area contributed by atoms with Gasteiger partial charge < -0.3 is 26.2 Å². The van der Waals surface area contributed by atoms with Crippen molar-refractivity contribution in [3.63, 3.8) is 0 Å². The number of likely N-dealkylation sites (N-methyl/N-ethyl adjacent to an activating group) is 1. The van der Waals surface area contributed by atoms with Crippen molar-refractivity contribution in [1.82, 2.24) is 4.90 Å². The molecule has 6 rings (SSSR count). The van der Waals surface area contributed by atoms with Crippen LogP contribution in [0.4, 0.5) is 13.2 Å². The molecule has 0 saturated carbocycles. The summed E-state index contributed by atoms with van der Waals surface area (Å²) in [5.41, 5.74) is 1.39. The van der Waals surface area contributed by atoms with Crippen LogP contribution < -0.4 is 5.73 Å². The molecule has 1 amide bonds. The summed E-state index contributed by atoms with van der Waals surface area (Å²) in [4.78, 5) is 41.0. The van der Waals surface area contributed by atoms with Gasteiger partial charge in [0.05, 0.1) is 17.2 Å². The number of allylic oxidation sites excluding steroid dienone is 1. The van der Waals surface area contributed by atoms with E-state index in [1.54, 1.807) is 32.3 Å². The van der Waals surface area contributed by atoms with E-state index in [0.717, 1.165) is 12.1 Å². The van der Waals surface area contributed by atoms with Crippen LogP contribution in [0.1, 0.15) is 27.9 Å². The van der Waals surface area contributed by atoms with Gasteiger partial charge in [0.2, 0.25) is 5.78 Å². The molecule has 0 aliphatic heterocycles. The van der Waals surface area contributed by atoms with Gasteiger partial charge in [-0.15, -0.1) is 0 Å². The van der Waals surface area contributed by atoms with E-state index in [1.807, 2.05) is 0 Å². The van der Waals surface area contributed by atoms with E-state index < -0.39 is 75.5 Å². The average Bonchev–Trinajstić information content (AvgIpc) is 2.94. The zero-order valence-electron chi connectivity index (χ0n) is 23.4. The molecule has 0 bridgehead atoms. The fraction of sp³-hybridized carbons (Fsp3) is 0.281. The number of phenols is 1. The lowest BCUT2D eigenvalue weighted by Gasteiger charge is -2.50. The Morgan fingerprint density at radius 1 is 1.02 bits per heavy atom. The SMILES string of the molecule is CN(C)[C@@H]1C(O)=C(C(N)=O)C(=O)[C@@]2(O)C(O)=C3C(=O)c4c(cc5ccc(-c6cccc(C(F)(F)F)c6)cc5c4O)C[C@H]3C[C@@H]12. The number of hydrogen-bond donors (Lipinski definition) is 5. The maximum atomic E-state index is 14.0. The number of aliphatic hydroxyl groups is 3. The third-order valence-corrected chi connectivity index (χ3v) is 9.05. The summed E-state index contributed by atoms with van der Waals surface area (Å²) < 4.78 is 39.9. The number of aliphatic hydroxyl groups excluding tert-OH is 2. The number of alkyl halides is 3. The first-order valence-corrected chi connectivity index (χ1v) is 13.7. The second kappa shape index (κ2) is 9.66. The van der Waals surface area contributed by atoms with Crippen molar-refractivity contribution in [3.05, 3.63) is 87.9 Å². The van der Waals surface area contributed by atoms with Gasteiger partial charge in [-0.1, -0.05) is 30.3 Å². The standard InChI is InChI=1S/C32H27F3N2O7/c1-37(2)24-20-12-17-9-16-8-15-7-6-14(13-4-3-5-18(10-13)32(33,34)35)11-19(15)25(38)21(16)26(39)22(17)28(41)31(20,44)29(42)23(27(24)40)30(36)43/h3-8,10-11,17,20,24,38,40-41,44H,9,12H2,1-2H3,(H2,36,43)/t17-,20-,24-,31-/m0/s1. The Labute approximate surface area is 248 Å². The summed E-state index contributed by atoms with van der Waals surface area (Å²) in [6.07, 6.45) is -4.48. The molecule has 44 heavy (non-hydrogen) atoms. The number of amides is 1. The van der Waals surface area contributed by atoms with E-state index in [2.05, 4.69) is 0 Å². The Morgan fingerprint density at radius 3 is 2.34 bits per heavy atom. The number of ketones is 2. The maximum Gasteiger partial charge on any atom is 0.416 e. The minimum atomic E-state index is -4.56. The second-order valence-electron chi connectivity index (χ2n) is 11.7. The number of carbonyl (C=O) groups is 3. The Kier molecular flexibility index (Phi) is 6.46. The molecule has 0 saturated heterocycles. The topological polar surface area (TPSA) is 161 Å². The second-order valence-corrected chi connectivity index (χ2v) is 11.7. The number of primary amides is 1. The minimum Gasteiger partial charge on any atom is -0.510 e. The number of rotatable bonds is 3. The molecule has 0 aromatic heterocycles. The molecule has 3 aromatic carbocycles. The lowest BCUT2D eigenvalue weighted by atomic mass is 9.58. The third-order valence-electron chi connectivity index (χ3n) is 9.05. The number of Topliss-reactive ketones (excluding diaryl/α,β-unsaturated/α-hetero) is 2. The number of carbonyl (C=O) groups excluding carboxylic acids is 3. The van der Waals surface area contributed by atoms with Crippen LogP contribution in [0.5, 0.6) is 5.75 Å². The van der Waals surface area contributed by atoms with Crippen molar-refractivity contribution in [2.75, 3.05) is 14.1 Å². The van der Waals surface area contributed by atoms with Crippen LogP contribution in [0, 0.1) is 11.8 Å². The predicted octanol–water partition coefficient (Wildman–Crippen LogP) is 3.96. The molecule has 0 spiro atoms. The number of phenolic OH excluding ortho intramolecular Hbond substituents is 1. The Bertz CT molecular complexity index is 1880. The highest BCUT2D eigenvalue weighted by atomic mass is 19.4. The summed E-state index contributed by atoms with van der Waals surface area (Å²) in [6.45, 7) is 0. The Hall–Kier alpha value is -4.68. The van der Waals surface area contributed by atoms with Crippen molar-refractivity contribution in [1.29, 1.82) is 0 Å². The van der Waals surface area contributed by atoms with E-state index in [-0.39, 0.29) is 34.9 Å². The summed E-state index contributed by atoms with van der Waals surface area (Å²) >= 11 is 0. The molecule has 0 radical (unpaired) electrons. The smallest absolute Gasteiger partial charge is 0.416 e. The predicted molar refractivity (Wildman–Crippen MR) is 152 cm³/mol. The zero-order chi connectivity index (χ0) is 32.0. The summed E-state index contributed by atoms with van der Waals surface area (Å²) in [5.74, 6) is -7.46. The van der Waals surface area contributed by atoms with E-state index in [9.17, 15) is 48.0 Å². The number of nitrogens with zero attached hydrogens (tertiary/aromatic N) is 1. The van der Waals surface area contributed by atoms with Gasteiger partial charge in [0, 0.05) is 16.9 Å². The number of nitrogens with two attached hydrogens (primary N) is 1. The average molecular weight is 609 g/mol. The van der Waals surface area contributed by atoms with Crippen molar-refractivity contribution in [2.45, 2.75) is 30.7 Å². The number of fused-ring (bicyclic) bond motifs is 4. The fourth-order valence-corrected chi connectivity index (χ4v) is 7.07. The van der Waals surface area contributed by atoms with Gasteiger partial charge in [-0.3, -0.25) is 19.3 Å². The van der Waals surface area contributed by atoms with E-state index in [0.29, 0.717) is 16.5 Å². The number of benzene rings is 3. The zero-order valence-corrected chi connectivity index (χ0v) is 23.4. The fourth-order valence-electron chi connectivity index (χ4n) is 7.07. The van der Waals surface area contributed by atoms with Crippen molar-refractivity contribution >= 4 is 28.2 Å². The number of halogens is 3. The van der Waals surface area contributed by atoms with E-state index in [4.69, 9.17) is 5.73 Å². The van der Waals surface area contributed by atoms with Crippen LogP contribution in [0.25, 0.3) is 21.9 Å².